The second-order valence-corrected chi connectivity index (χ2v) is 11.8. The predicted molar refractivity (Wildman–Crippen MR) is 194 cm³/mol. The fraction of sp³-hybridized carbons (Fsp3) is 0.250. The first-order valence-corrected chi connectivity index (χ1v) is 16.3. The van der Waals surface area contributed by atoms with Crippen molar-refractivity contribution in [3.8, 4) is 28.6 Å². The fourth-order valence-corrected chi connectivity index (χ4v) is 5.59. The van der Waals surface area contributed by atoms with Crippen molar-refractivity contribution in [2.75, 3.05) is 13.2 Å². The first-order valence-electron chi connectivity index (χ1n) is 16.3. The number of fused-ring (bicyclic) bond motifs is 1. The van der Waals surface area contributed by atoms with Crippen LogP contribution >= 0.6 is 0 Å². The van der Waals surface area contributed by atoms with Crippen molar-refractivity contribution in [2.24, 2.45) is 5.10 Å². The largest absolute Gasteiger partial charge is 0.494 e. The number of carboxylic acid groups (broad SMARTS) is 1. The lowest BCUT2D eigenvalue weighted by molar-refractivity contribution is 0.0696. The van der Waals surface area contributed by atoms with Gasteiger partial charge in [0.15, 0.2) is 17.3 Å². The molecule has 4 aromatic carbocycles. The van der Waals surface area contributed by atoms with Gasteiger partial charge in [-0.3, -0.25) is 4.79 Å². The molecule has 49 heavy (non-hydrogen) atoms. The minimum Gasteiger partial charge on any atom is -0.494 e. The Balaban J connectivity index is 1.60. The van der Waals surface area contributed by atoms with Crippen LogP contribution in [0.4, 0.5) is 0 Å². The monoisotopic (exact) mass is 659 g/mol. The van der Waals surface area contributed by atoms with Gasteiger partial charge >= 0.3 is 5.97 Å². The Hall–Kier alpha value is -5.70. The van der Waals surface area contributed by atoms with E-state index in [-0.39, 0.29) is 23.6 Å². The Morgan fingerprint density at radius 1 is 0.980 bits per heavy atom. The average molecular weight is 660 g/mol. The van der Waals surface area contributed by atoms with Gasteiger partial charge in [-0.2, -0.15) is 9.78 Å². The molecule has 1 N–H and O–H groups in total. The standard InChI is InChI=1S/C40H41N3O6/c1-7-12-30-20-28(21-36(48-9-3)37(30)49-24-27-15-17-29(18-16-27)40(45)46)23-41-43-38(42-34-14-11-10-13-31(34)39(43)44)33-22-32(25(4)5)35(47-8-2)19-26(33)6/h7,10-11,13-23,25H,1,8-9,12,24H2,2-6H3,(H,45,46). The van der Waals surface area contributed by atoms with Crippen LogP contribution in [-0.2, 0) is 13.0 Å². The molecule has 1 aromatic heterocycles. The first-order chi connectivity index (χ1) is 23.6. The van der Waals surface area contributed by atoms with Crippen LogP contribution in [0.25, 0.3) is 22.3 Å². The maximum Gasteiger partial charge on any atom is 0.335 e. The molecule has 9 heteroatoms. The van der Waals surface area contributed by atoms with Gasteiger partial charge in [0, 0.05) is 11.1 Å². The van der Waals surface area contributed by atoms with E-state index in [4.69, 9.17) is 24.3 Å². The van der Waals surface area contributed by atoms with Gasteiger partial charge in [-0.25, -0.2) is 9.78 Å². The third-order valence-corrected chi connectivity index (χ3v) is 8.00. The van der Waals surface area contributed by atoms with E-state index >= 15 is 0 Å². The van der Waals surface area contributed by atoms with Crippen molar-refractivity contribution < 1.29 is 24.1 Å². The van der Waals surface area contributed by atoms with Gasteiger partial charge in [0.1, 0.15) is 12.4 Å². The van der Waals surface area contributed by atoms with Crippen molar-refractivity contribution in [2.45, 2.75) is 53.6 Å². The van der Waals surface area contributed by atoms with Crippen LogP contribution in [0.15, 0.2) is 95.3 Å². The van der Waals surface area contributed by atoms with E-state index in [1.54, 1.807) is 42.6 Å². The van der Waals surface area contributed by atoms with E-state index in [1.165, 1.54) is 4.68 Å². The zero-order valence-corrected chi connectivity index (χ0v) is 28.5. The zero-order chi connectivity index (χ0) is 35.1. The molecule has 252 valence electrons. The number of para-hydroxylation sites is 1. The predicted octanol–water partition coefficient (Wildman–Crippen LogP) is 8.18. The summed E-state index contributed by atoms with van der Waals surface area (Å²) >= 11 is 0. The molecule has 1 heterocycles. The molecule has 0 aliphatic carbocycles. The molecule has 0 saturated carbocycles. The summed E-state index contributed by atoms with van der Waals surface area (Å²) in [4.78, 5) is 30.2. The van der Waals surface area contributed by atoms with Gasteiger partial charge in [0.05, 0.1) is 35.9 Å². The molecule has 0 aliphatic rings. The van der Waals surface area contributed by atoms with Gasteiger partial charge in [0.2, 0.25) is 0 Å². The van der Waals surface area contributed by atoms with Crippen molar-refractivity contribution in [3.63, 3.8) is 0 Å². The number of benzene rings is 4. The summed E-state index contributed by atoms with van der Waals surface area (Å²) in [5, 5.41) is 14.4. The lowest BCUT2D eigenvalue weighted by atomic mass is 9.96. The Labute approximate surface area is 286 Å². The number of aromatic carboxylic acids is 1. The molecule has 0 amide bonds. The molecule has 5 aromatic rings. The van der Waals surface area contributed by atoms with Gasteiger partial charge in [-0.1, -0.05) is 44.2 Å². The summed E-state index contributed by atoms with van der Waals surface area (Å²) in [6, 6.07) is 21.6. The molecule has 0 unspecified atom stereocenters. The van der Waals surface area contributed by atoms with Crippen molar-refractivity contribution in [1.82, 2.24) is 9.66 Å². The number of aryl methyl sites for hydroxylation is 1. The number of hydrogen-bond acceptors (Lipinski definition) is 7. The maximum atomic E-state index is 14.0. The van der Waals surface area contributed by atoms with Crippen molar-refractivity contribution in [3.05, 3.63) is 129 Å². The van der Waals surface area contributed by atoms with Crippen LogP contribution in [0.5, 0.6) is 17.2 Å². The minimum absolute atomic E-state index is 0.176. The number of carboxylic acids is 1. The second kappa shape index (κ2) is 15.5. The third kappa shape index (κ3) is 7.73. The number of rotatable bonds is 14. The van der Waals surface area contributed by atoms with Crippen molar-refractivity contribution in [1.29, 1.82) is 0 Å². The highest BCUT2D eigenvalue weighted by Gasteiger charge is 2.19. The lowest BCUT2D eigenvalue weighted by Crippen LogP contribution is -2.21. The molecular formula is C40H41N3O6. The Morgan fingerprint density at radius 3 is 2.37 bits per heavy atom. The quantitative estimate of drug-likeness (QED) is 0.0945. The van der Waals surface area contributed by atoms with E-state index in [0.717, 1.165) is 33.6 Å². The summed E-state index contributed by atoms with van der Waals surface area (Å²) in [5.41, 5.74) is 5.53. The zero-order valence-electron chi connectivity index (χ0n) is 28.5. The highest BCUT2D eigenvalue weighted by Crippen LogP contribution is 2.36. The molecule has 5 rings (SSSR count). The van der Waals surface area contributed by atoms with Gasteiger partial charge < -0.3 is 19.3 Å². The van der Waals surface area contributed by atoms with E-state index < -0.39 is 5.97 Å². The number of aromatic nitrogens is 2. The molecule has 0 bridgehead atoms. The molecular weight excluding hydrogens is 618 g/mol. The van der Waals surface area contributed by atoms with Gasteiger partial charge in [-0.05, 0) is 104 Å². The van der Waals surface area contributed by atoms with Crippen LogP contribution < -0.4 is 19.8 Å². The van der Waals surface area contributed by atoms with E-state index in [2.05, 4.69) is 20.4 Å². The number of ether oxygens (including phenoxy) is 3. The second-order valence-electron chi connectivity index (χ2n) is 11.8. The van der Waals surface area contributed by atoms with E-state index in [9.17, 15) is 14.7 Å². The SMILES string of the molecule is C=CCc1cc(C=Nn2c(-c3cc(C(C)C)c(OCC)cc3C)nc3ccccc3c2=O)cc(OCC)c1OCc1ccc(C(=O)O)cc1. The number of nitrogens with zero attached hydrogens (tertiary/aromatic N) is 3. The van der Waals surface area contributed by atoms with Crippen LogP contribution in [0.1, 0.15) is 71.8 Å². The first kappa shape index (κ1) is 34.6. The fourth-order valence-electron chi connectivity index (χ4n) is 5.59. The van der Waals surface area contributed by atoms with E-state index in [1.807, 2.05) is 63.2 Å². The highest BCUT2D eigenvalue weighted by atomic mass is 16.5. The number of hydrogen-bond donors (Lipinski definition) is 1. The van der Waals surface area contributed by atoms with Gasteiger partial charge in [-0.15, -0.1) is 6.58 Å². The Kier molecular flexibility index (Phi) is 10.9. The highest BCUT2D eigenvalue weighted by molar-refractivity contribution is 5.87. The topological polar surface area (TPSA) is 112 Å². The Bertz CT molecular complexity index is 2080. The summed E-state index contributed by atoms with van der Waals surface area (Å²) in [6.45, 7) is 15.1. The summed E-state index contributed by atoms with van der Waals surface area (Å²) in [7, 11) is 0. The molecule has 0 spiro atoms. The normalized spacial score (nSPS) is 11.3. The van der Waals surface area contributed by atoms with E-state index in [0.29, 0.717) is 53.4 Å². The smallest absolute Gasteiger partial charge is 0.335 e. The molecule has 0 fully saturated rings. The molecule has 0 aliphatic heterocycles. The minimum atomic E-state index is -0.986. The maximum absolute atomic E-state index is 14.0. The summed E-state index contributed by atoms with van der Waals surface area (Å²) < 4.78 is 19.6. The lowest BCUT2D eigenvalue weighted by Gasteiger charge is -2.18. The van der Waals surface area contributed by atoms with Crippen molar-refractivity contribution >= 4 is 23.1 Å². The van der Waals surface area contributed by atoms with Crippen LogP contribution in [0.3, 0.4) is 0 Å². The third-order valence-electron chi connectivity index (χ3n) is 8.00. The molecule has 0 atom stereocenters. The summed E-state index contributed by atoms with van der Waals surface area (Å²) in [6.07, 6.45) is 3.89. The van der Waals surface area contributed by atoms with Crippen LogP contribution in [-0.4, -0.2) is 40.2 Å². The summed E-state index contributed by atoms with van der Waals surface area (Å²) in [5.74, 6) is 1.49. The van der Waals surface area contributed by atoms with Crippen LogP contribution in [0, 0.1) is 6.92 Å². The van der Waals surface area contributed by atoms with Gasteiger partial charge in [0.25, 0.3) is 5.56 Å². The number of carbonyl (C=O) groups is 1. The Morgan fingerprint density at radius 2 is 1.69 bits per heavy atom. The molecule has 9 nitrogen and oxygen atoms in total. The molecule has 0 saturated heterocycles. The average Bonchev–Trinajstić information content (AvgIpc) is 3.08. The van der Waals surface area contributed by atoms with Crippen LogP contribution in [0.2, 0.25) is 0 Å². The number of allylic oxidation sites excluding steroid dienone is 1. The molecule has 0 radical (unpaired) electrons.